The van der Waals surface area contributed by atoms with E-state index in [1.54, 1.807) is 0 Å². The third-order valence-electron chi connectivity index (χ3n) is 13.5. The lowest BCUT2D eigenvalue weighted by atomic mass is 10.0. The van der Waals surface area contributed by atoms with E-state index in [1.165, 1.54) is 20.2 Å². The van der Waals surface area contributed by atoms with Crippen molar-refractivity contribution in [1.29, 1.82) is 0 Å². The van der Waals surface area contributed by atoms with E-state index in [1.807, 2.05) is 17.4 Å². The van der Waals surface area contributed by atoms with E-state index >= 15 is 0 Å². The van der Waals surface area contributed by atoms with Gasteiger partial charge in [-0.2, -0.15) is 0 Å². The molecule has 0 radical (unpaired) electrons. The number of thiophene rings is 1. The monoisotopic (exact) mass is 906 g/mol. The van der Waals surface area contributed by atoms with Crippen molar-refractivity contribution in [2.75, 3.05) is 9.80 Å². The highest BCUT2D eigenvalue weighted by Crippen LogP contribution is 2.48. The van der Waals surface area contributed by atoms with E-state index in [2.05, 4.69) is 228 Å². The van der Waals surface area contributed by atoms with E-state index in [0.717, 1.165) is 116 Å². The fraction of sp³-hybridized carbons (Fsp3) is 0. The Balaban J connectivity index is 0.888. The van der Waals surface area contributed by atoms with Crippen LogP contribution < -0.4 is 9.80 Å². The molecule has 68 heavy (non-hydrogen) atoms. The summed E-state index contributed by atoms with van der Waals surface area (Å²) in [6.07, 6.45) is 0. The summed E-state index contributed by atoms with van der Waals surface area (Å²) in [5, 5.41) is 11.2. The summed E-state index contributed by atoms with van der Waals surface area (Å²) in [5.41, 5.74) is 11.9. The quantitative estimate of drug-likeness (QED) is 0.162. The zero-order valence-corrected chi connectivity index (χ0v) is 38.1. The first-order valence-corrected chi connectivity index (χ1v) is 24.0. The molecule has 0 N–H and O–H groups in total. The minimum absolute atomic E-state index is 0.797. The molecule has 0 saturated heterocycles. The van der Waals surface area contributed by atoms with E-state index < -0.39 is 0 Å². The third-order valence-corrected chi connectivity index (χ3v) is 15.1. The van der Waals surface area contributed by atoms with Gasteiger partial charge in [-0.15, -0.1) is 24.0 Å². The number of para-hydroxylation sites is 2. The van der Waals surface area contributed by atoms with Crippen LogP contribution in [0.25, 0.3) is 96.7 Å². The molecule has 0 aliphatic heterocycles. The first-order chi connectivity index (χ1) is 33.6. The van der Waals surface area contributed by atoms with Gasteiger partial charge in [0, 0.05) is 59.3 Å². The minimum atomic E-state index is 0.797. The van der Waals surface area contributed by atoms with Crippen molar-refractivity contribution in [2.45, 2.75) is 4.90 Å². The van der Waals surface area contributed by atoms with E-state index in [4.69, 9.17) is 21.5 Å². The Morgan fingerprint density at radius 3 is 1.68 bits per heavy atom. The van der Waals surface area contributed by atoms with Crippen LogP contribution in [0.5, 0.6) is 0 Å². The van der Waals surface area contributed by atoms with Crippen LogP contribution in [0.4, 0.5) is 34.1 Å². The van der Waals surface area contributed by atoms with Gasteiger partial charge in [-0.1, -0.05) is 121 Å². The van der Waals surface area contributed by atoms with Crippen LogP contribution in [0.2, 0.25) is 0 Å². The highest BCUT2D eigenvalue weighted by molar-refractivity contribution is 7.80. The van der Waals surface area contributed by atoms with Crippen molar-refractivity contribution in [3.63, 3.8) is 0 Å². The summed E-state index contributed by atoms with van der Waals surface area (Å²) in [6.45, 7) is 0. The SMILES string of the molecule is Sc1c(-c2ccccc2)cccc1N(c1ccccc1)c1ccc2cc3c(cc2c1)oc1ccc2c4cc5ccc(N(c6ccccc6)c6cccc7c6sc6ccccc67)cc5cc4oc2c13. The Hall–Kier alpha value is -8.29. The molecule has 0 amide bonds. The lowest BCUT2D eigenvalue weighted by Gasteiger charge is -2.28. The van der Waals surface area contributed by atoms with E-state index in [0.29, 0.717) is 0 Å². The van der Waals surface area contributed by atoms with Gasteiger partial charge in [0.2, 0.25) is 0 Å². The topological polar surface area (TPSA) is 32.8 Å². The third kappa shape index (κ3) is 6.15. The molecule has 0 spiro atoms. The molecule has 3 aromatic heterocycles. The number of fused-ring (bicyclic) bond motifs is 12. The number of furan rings is 2. The smallest absolute Gasteiger partial charge is 0.147 e. The van der Waals surface area contributed by atoms with Gasteiger partial charge in [0.05, 0.1) is 21.5 Å². The summed E-state index contributed by atoms with van der Waals surface area (Å²) in [4.78, 5) is 5.58. The lowest BCUT2D eigenvalue weighted by Crippen LogP contribution is -2.11. The number of rotatable bonds is 7. The number of hydrogen-bond donors (Lipinski definition) is 1. The summed E-state index contributed by atoms with van der Waals surface area (Å²) in [6, 6.07) is 79.9. The maximum absolute atomic E-state index is 6.93. The number of anilines is 6. The van der Waals surface area contributed by atoms with Gasteiger partial charge in [-0.05, 0) is 136 Å². The van der Waals surface area contributed by atoms with Gasteiger partial charge in [-0.3, -0.25) is 0 Å². The number of benzene rings is 11. The molecule has 3 heterocycles. The predicted molar refractivity (Wildman–Crippen MR) is 291 cm³/mol. The molecule has 14 aromatic rings. The summed E-state index contributed by atoms with van der Waals surface area (Å²) >= 11 is 7.02. The summed E-state index contributed by atoms with van der Waals surface area (Å²) < 4.78 is 16.2. The van der Waals surface area contributed by atoms with Crippen molar-refractivity contribution >= 4 is 144 Å². The first kappa shape index (κ1) is 38.9. The average Bonchev–Trinajstić information content (AvgIpc) is 4.07. The zero-order chi connectivity index (χ0) is 44.9. The molecule has 320 valence electrons. The predicted octanol–water partition coefficient (Wildman–Crippen LogP) is 19.1. The van der Waals surface area contributed by atoms with Crippen LogP contribution in [-0.2, 0) is 0 Å². The summed E-state index contributed by atoms with van der Waals surface area (Å²) in [5.74, 6) is 0. The summed E-state index contributed by atoms with van der Waals surface area (Å²) in [7, 11) is 0. The molecule has 6 heteroatoms. The fourth-order valence-corrected chi connectivity index (χ4v) is 11.9. The second-order valence-electron chi connectivity index (χ2n) is 17.4. The van der Waals surface area contributed by atoms with E-state index in [9.17, 15) is 0 Å². The molecule has 0 fully saturated rings. The van der Waals surface area contributed by atoms with Gasteiger partial charge in [0.25, 0.3) is 0 Å². The molecule has 0 aliphatic rings. The first-order valence-electron chi connectivity index (χ1n) is 22.8. The number of thiol groups is 1. The highest BCUT2D eigenvalue weighted by atomic mass is 32.1. The van der Waals surface area contributed by atoms with Crippen LogP contribution >= 0.6 is 24.0 Å². The molecule has 0 unspecified atom stereocenters. The van der Waals surface area contributed by atoms with Crippen LogP contribution in [-0.4, -0.2) is 0 Å². The Kier molecular flexibility index (Phi) is 8.81. The van der Waals surface area contributed by atoms with Gasteiger partial charge < -0.3 is 18.6 Å². The number of nitrogens with zero attached hydrogens (tertiary/aromatic N) is 2. The lowest BCUT2D eigenvalue weighted by molar-refractivity contribution is 0.663. The zero-order valence-electron chi connectivity index (χ0n) is 36.4. The Morgan fingerprint density at radius 2 is 0.956 bits per heavy atom. The highest BCUT2D eigenvalue weighted by Gasteiger charge is 2.22. The van der Waals surface area contributed by atoms with Gasteiger partial charge in [-0.25, -0.2) is 0 Å². The molecule has 14 rings (SSSR count). The van der Waals surface area contributed by atoms with Crippen LogP contribution in [0.1, 0.15) is 0 Å². The Labute approximate surface area is 400 Å². The fourth-order valence-electron chi connectivity index (χ4n) is 10.3. The second-order valence-corrected chi connectivity index (χ2v) is 18.9. The molecule has 0 saturated carbocycles. The maximum atomic E-state index is 6.93. The molecular weight excluding hydrogens is 869 g/mol. The van der Waals surface area contributed by atoms with Crippen molar-refractivity contribution in [3.8, 4) is 11.1 Å². The second kappa shape index (κ2) is 15.4. The Morgan fingerprint density at radius 1 is 0.368 bits per heavy atom. The van der Waals surface area contributed by atoms with Crippen LogP contribution in [0, 0.1) is 0 Å². The van der Waals surface area contributed by atoms with Crippen molar-refractivity contribution < 1.29 is 8.83 Å². The normalized spacial score (nSPS) is 11.9. The molecule has 4 nitrogen and oxygen atoms in total. The van der Waals surface area contributed by atoms with Crippen molar-refractivity contribution in [1.82, 2.24) is 0 Å². The van der Waals surface area contributed by atoms with E-state index in [-0.39, 0.29) is 0 Å². The van der Waals surface area contributed by atoms with Gasteiger partial charge >= 0.3 is 0 Å². The largest absolute Gasteiger partial charge is 0.456 e. The van der Waals surface area contributed by atoms with Crippen LogP contribution in [0.15, 0.2) is 238 Å². The number of hydrogen-bond acceptors (Lipinski definition) is 6. The van der Waals surface area contributed by atoms with Gasteiger partial charge in [0.15, 0.2) is 0 Å². The van der Waals surface area contributed by atoms with Crippen molar-refractivity contribution in [2.24, 2.45) is 0 Å². The van der Waals surface area contributed by atoms with Crippen LogP contribution in [0.3, 0.4) is 0 Å². The van der Waals surface area contributed by atoms with Gasteiger partial charge in [0.1, 0.15) is 22.3 Å². The maximum Gasteiger partial charge on any atom is 0.147 e. The average molecular weight is 907 g/mol. The molecular formula is C62H38N2O2S2. The molecule has 0 atom stereocenters. The standard InChI is InChI=1S/C62H38N2O2S2/c67-61-47(38-14-4-1-5-15-38)21-12-23-53(61)63(43-16-6-2-7-17-43)45-28-27-40-35-52-57(37-42(40)32-45)65-55-31-30-49-51-34-39-26-29-46(33-41(39)36-56(51)66-60(49)59(52)55)64(44-18-8-3-9-19-44)54-24-13-22-50-48-20-10-11-25-58(48)68-62(50)54/h1-37,67H. The molecule has 11 aromatic carbocycles. The molecule has 0 bridgehead atoms. The van der Waals surface area contributed by atoms with Crippen molar-refractivity contribution in [3.05, 3.63) is 224 Å². The molecule has 0 aliphatic carbocycles. The minimum Gasteiger partial charge on any atom is -0.456 e. The Bertz CT molecular complexity index is 4290.